The van der Waals surface area contributed by atoms with E-state index in [4.69, 9.17) is 14.2 Å². The van der Waals surface area contributed by atoms with Crippen LogP contribution in [0, 0.1) is 17.8 Å². The number of hydrogen-bond acceptors (Lipinski definition) is 7. The van der Waals surface area contributed by atoms with Gasteiger partial charge in [-0.2, -0.15) is 0 Å². The van der Waals surface area contributed by atoms with Gasteiger partial charge in [-0.15, -0.1) is 0 Å². The van der Waals surface area contributed by atoms with E-state index in [1.54, 1.807) is 6.92 Å². The number of phenols is 1. The van der Waals surface area contributed by atoms with E-state index >= 15 is 0 Å². The molecule has 1 aromatic carbocycles. The lowest BCUT2D eigenvalue weighted by molar-refractivity contribution is -0.176. The molecule has 0 aliphatic carbocycles. The van der Waals surface area contributed by atoms with Crippen LogP contribution in [0.25, 0.3) is 6.08 Å². The Hall–Kier alpha value is -3.65. The van der Waals surface area contributed by atoms with Crippen LogP contribution in [-0.4, -0.2) is 50.7 Å². The number of rotatable bonds is 10. The number of allylic oxidation sites excluding steroid dienone is 4. The van der Waals surface area contributed by atoms with Crippen LogP contribution in [0.2, 0.25) is 0 Å². The third-order valence-corrected chi connectivity index (χ3v) is 10.4. The maximum Gasteiger partial charge on any atom is 0.330 e. The molecule has 268 valence electrons. The number of aromatic hydroxyl groups is 1. The lowest BCUT2D eigenvalue weighted by Crippen LogP contribution is -2.54. The maximum atomic E-state index is 14.7. The Morgan fingerprint density at radius 1 is 1.00 bits per heavy atom. The molecule has 1 aromatic rings. The minimum Gasteiger partial charge on any atom is -0.506 e. The van der Waals surface area contributed by atoms with Crippen LogP contribution in [0.1, 0.15) is 130 Å². The summed E-state index contributed by atoms with van der Waals surface area (Å²) in [5, 5.41) is 21.2. The smallest absolute Gasteiger partial charge is 0.330 e. The Balaban J connectivity index is 1.85. The quantitative estimate of drug-likeness (QED) is 0.186. The molecule has 0 saturated carbocycles. The van der Waals surface area contributed by atoms with Crippen LogP contribution in [0.4, 0.5) is 0 Å². The summed E-state index contributed by atoms with van der Waals surface area (Å²) in [6, 6.07) is 0. The van der Waals surface area contributed by atoms with Crippen LogP contribution < -0.4 is 9.47 Å². The number of fused-ring (bicyclic) bond motifs is 2. The van der Waals surface area contributed by atoms with Crippen LogP contribution in [0.3, 0.4) is 0 Å². The van der Waals surface area contributed by atoms with Gasteiger partial charge in [0.2, 0.25) is 0 Å². The number of carbonyl (C=O) groups excluding carboxylic acids is 2. The van der Waals surface area contributed by atoms with Crippen molar-refractivity contribution in [3.05, 3.63) is 57.7 Å². The van der Waals surface area contributed by atoms with Crippen molar-refractivity contribution >= 4 is 23.6 Å². The van der Waals surface area contributed by atoms with Gasteiger partial charge in [0.05, 0.1) is 17.1 Å². The predicted molar refractivity (Wildman–Crippen MR) is 192 cm³/mol. The summed E-state index contributed by atoms with van der Waals surface area (Å²) in [6.45, 7) is 21.2. The first-order chi connectivity index (χ1) is 22.7. The number of ketones is 2. The Morgan fingerprint density at radius 2 is 1.65 bits per heavy atom. The van der Waals surface area contributed by atoms with E-state index < -0.39 is 34.8 Å². The van der Waals surface area contributed by atoms with E-state index in [1.807, 2.05) is 60.6 Å². The molecule has 0 aromatic heterocycles. The number of aliphatic carboxylic acids is 1. The highest BCUT2D eigenvalue weighted by molar-refractivity contribution is 6.06. The molecular formula is C41H56O8. The summed E-state index contributed by atoms with van der Waals surface area (Å²) >= 11 is 0. The molecule has 3 aliphatic rings. The second-order valence-electron chi connectivity index (χ2n) is 15.9. The monoisotopic (exact) mass is 676 g/mol. The molecule has 0 radical (unpaired) electrons. The Bertz CT molecular complexity index is 1610. The largest absolute Gasteiger partial charge is 0.506 e. The van der Waals surface area contributed by atoms with E-state index in [9.17, 15) is 24.6 Å². The number of carboxylic acids is 1. The van der Waals surface area contributed by atoms with E-state index in [1.165, 1.54) is 18.6 Å². The number of carbonyl (C=O) groups is 3. The van der Waals surface area contributed by atoms with Gasteiger partial charge in [-0.3, -0.25) is 9.59 Å². The highest BCUT2D eigenvalue weighted by Crippen LogP contribution is 2.54. The molecule has 8 heteroatoms. The van der Waals surface area contributed by atoms with E-state index in [2.05, 4.69) is 26.0 Å². The number of ether oxygens (including phenoxy) is 3. The molecule has 0 bridgehead atoms. The number of hydrogen-bond donors (Lipinski definition) is 2. The van der Waals surface area contributed by atoms with E-state index in [-0.39, 0.29) is 53.1 Å². The lowest BCUT2D eigenvalue weighted by Gasteiger charge is -2.46. The first kappa shape index (κ1) is 38.2. The van der Waals surface area contributed by atoms with Gasteiger partial charge in [0.25, 0.3) is 0 Å². The number of carboxylic acid groups (broad SMARTS) is 1. The molecule has 8 nitrogen and oxygen atoms in total. The summed E-state index contributed by atoms with van der Waals surface area (Å²) in [5.41, 5.74) is 1.03. The zero-order valence-electron chi connectivity index (χ0n) is 31.3. The molecule has 5 unspecified atom stereocenters. The van der Waals surface area contributed by atoms with Crippen molar-refractivity contribution in [1.29, 1.82) is 0 Å². The standard InChI is InChI=1S/C41H56O8/c1-23(2)13-12-20-40(10)21-19-27-33(43)32-34(44)31(25(5)6)37(47-36(32)28(35(27)48-40)15-14-24(3)4)29-16-17-30(42)41(11,49-39(29,8)9)22-18-26(7)38(45)46/h13-14,18-19,21,25,29,31,37,43H,12,15-17,20,22H2,1-11H3,(H,45,46). The van der Waals surface area contributed by atoms with Gasteiger partial charge in [-0.25, -0.2) is 4.79 Å². The van der Waals surface area contributed by atoms with Gasteiger partial charge in [0.15, 0.2) is 11.6 Å². The first-order valence-electron chi connectivity index (χ1n) is 17.6. The second-order valence-corrected chi connectivity index (χ2v) is 15.9. The van der Waals surface area contributed by atoms with Crippen molar-refractivity contribution in [2.75, 3.05) is 0 Å². The topological polar surface area (TPSA) is 119 Å². The van der Waals surface area contributed by atoms with E-state index in [0.29, 0.717) is 35.5 Å². The molecule has 0 spiro atoms. The fourth-order valence-electron chi connectivity index (χ4n) is 7.50. The third kappa shape index (κ3) is 7.90. The summed E-state index contributed by atoms with van der Waals surface area (Å²) in [6.07, 6.45) is 11.7. The Labute approximate surface area is 292 Å². The van der Waals surface area contributed by atoms with E-state index in [0.717, 1.165) is 18.4 Å². The van der Waals surface area contributed by atoms with Crippen LogP contribution in [0.5, 0.6) is 17.2 Å². The number of Topliss-reactive ketones (excluding diaryl/α,β-unsaturated/α-hetero) is 2. The van der Waals surface area contributed by atoms with Gasteiger partial charge < -0.3 is 24.4 Å². The van der Waals surface area contributed by atoms with Gasteiger partial charge in [0.1, 0.15) is 40.1 Å². The minimum absolute atomic E-state index is 0.116. The van der Waals surface area contributed by atoms with Crippen molar-refractivity contribution < 1.29 is 38.8 Å². The zero-order valence-corrected chi connectivity index (χ0v) is 31.3. The van der Waals surface area contributed by atoms with Gasteiger partial charge >= 0.3 is 5.97 Å². The predicted octanol–water partition coefficient (Wildman–Crippen LogP) is 8.98. The normalized spacial score (nSPS) is 27.8. The highest BCUT2D eigenvalue weighted by Gasteiger charge is 2.54. The second kappa shape index (κ2) is 14.3. The molecule has 2 N–H and O–H groups in total. The molecule has 3 aliphatic heterocycles. The van der Waals surface area contributed by atoms with Crippen molar-refractivity contribution in [2.45, 2.75) is 138 Å². The first-order valence-corrected chi connectivity index (χ1v) is 17.6. The molecule has 1 saturated heterocycles. The van der Waals surface area contributed by atoms with Gasteiger partial charge in [0, 0.05) is 29.9 Å². The zero-order chi connectivity index (χ0) is 36.6. The average Bonchev–Trinajstić information content (AvgIpc) is 3.06. The van der Waals surface area contributed by atoms with Crippen LogP contribution in [0.15, 0.2) is 41.0 Å². The minimum atomic E-state index is -1.25. The summed E-state index contributed by atoms with van der Waals surface area (Å²) < 4.78 is 20.5. The molecule has 1 fully saturated rings. The van der Waals surface area contributed by atoms with Crippen molar-refractivity contribution in [3.63, 3.8) is 0 Å². The fraction of sp³-hybridized carbons (Fsp3) is 0.585. The Kier molecular flexibility index (Phi) is 11.1. The van der Waals surface area contributed by atoms with Crippen molar-refractivity contribution in [2.24, 2.45) is 17.8 Å². The maximum absolute atomic E-state index is 14.7. The molecule has 5 atom stereocenters. The molecular weight excluding hydrogens is 620 g/mol. The summed E-state index contributed by atoms with van der Waals surface area (Å²) in [5.74, 6) is -1.78. The van der Waals surface area contributed by atoms with Crippen LogP contribution in [-0.2, 0) is 20.7 Å². The summed E-state index contributed by atoms with van der Waals surface area (Å²) in [4.78, 5) is 39.8. The van der Waals surface area contributed by atoms with Crippen molar-refractivity contribution in [1.82, 2.24) is 0 Å². The Morgan fingerprint density at radius 3 is 2.24 bits per heavy atom. The van der Waals surface area contributed by atoms with Gasteiger partial charge in [-0.1, -0.05) is 43.2 Å². The third-order valence-electron chi connectivity index (χ3n) is 10.4. The molecule has 49 heavy (non-hydrogen) atoms. The van der Waals surface area contributed by atoms with Gasteiger partial charge in [-0.05, 0) is 106 Å². The fourth-order valence-corrected chi connectivity index (χ4v) is 7.50. The lowest BCUT2D eigenvalue weighted by atomic mass is 9.70. The molecule has 0 amide bonds. The van der Waals surface area contributed by atoms with Crippen molar-refractivity contribution in [3.8, 4) is 17.2 Å². The SMILES string of the molecule is CC(C)=CCCC1(C)C=Cc2c(O)c3c(c(CC=C(C)C)c2O1)OC(C1CCC(=O)C(C)(CC=C(C)C(=O)O)OC1(C)C)C(C(C)C)C3=O. The average molecular weight is 677 g/mol. The van der Waals surface area contributed by atoms with Crippen LogP contribution >= 0.6 is 0 Å². The number of phenolic OH excluding ortho intramolecular Hbond substituents is 1. The summed E-state index contributed by atoms with van der Waals surface area (Å²) in [7, 11) is 0. The highest BCUT2D eigenvalue weighted by atomic mass is 16.5. The molecule has 3 heterocycles. The number of benzene rings is 1. The molecule has 4 rings (SSSR count).